The van der Waals surface area contributed by atoms with Gasteiger partial charge in [0.1, 0.15) is 5.70 Å². The van der Waals surface area contributed by atoms with Gasteiger partial charge in [0, 0.05) is 44.0 Å². The summed E-state index contributed by atoms with van der Waals surface area (Å²) in [6.07, 6.45) is 0. The Bertz CT molecular complexity index is 1010. The van der Waals surface area contributed by atoms with Crippen molar-refractivity contribution >= 4 is 34.7 Å². The van der Waals surface area contributed by atoms with E-state index in [1.165, 1.54) is 16.2 Å². The molecule has 2 aliphatic rings. The van der Waals surface area contributed by atoms with Crippen LogP contribution in [0, 0.1) is 6.92 Å². The van der Waals surface area contributed by atoms with E-state index in [9.17, 15) is 9.59 Å². The van der Waals surface area contributed by atoms with Crippen molar-refractivity contribution in [3.63, 3.8) is 0 Å². The van der Waals surface area contributed by atoms with E-state index in [0.29, 0.717) is 41.6 Å². The summed E-state index contributed by atoms with van der Waals surface area (Å²) in [6.45, 7) is 5.51. The van der Waals surface area contributed by atoms with E-state index in [1.54, 1.807) is 31.4 Å². The van der Waals surface area contributed by atoms with Gasteiger partial charge in [0.15, 0.2) is 0 Å². The summed E-state index contributed by atoms with van der Waals surface area (Å²) in [5, 5.41) is 0.589. The average molecular weight is 440 g/mol. The van der Waals surface area contributed by atoms with Crippen LogP contribution in [-0.2, 0) is 14.3 Å². The summed E-state index contributed by atoms with van der Waals surface area (Å²) in [4.78, 5) is 32.1. The Labute approximate surface area is 187 Å². The van der Waals surface area contributed by atoms with Gasteiger partial charge < -0.3 is 14.5 Å². The van der Waals surface area contributed by atoms with Crippen molar-refractivity contribution in [1.82, 2.24) is 9.80 Å². The zero-order chi connectivity index (χ0) is 22.0. The number of anilines is 1. The number of nitrogens with zero attached hydrogens (tertiary/aromatic N) is 3. The smallest absolute Gasteiger partial charge is 0.277 e. The number of halogens is 1. The standard InChI is InChI=1S/C24H26ClN3O3/c1-17-4-3-5-20(16-17)26-10-12-27(13-11-26)22-21(18-6-8-19(25)9-7-18)23(29)28(24(22)30)14-15-31-2/h3-9,16H,10-15H2,1-2H3. The number of carbonyl (C=O) groups excluding carboxylic acids is 2. The van der Waals surface area contributed by atoms with Gasteiger partial charge in [-0.3, -0.25) is 14.5 Å². The maximum atomic E-state index is 13.3. The maximum Gasteiger partial charge on any atom is 0.277 e. The Morgan fingerprint density at radius 2 is 1.61 bits per heavy atom. The number of hydrogen-bond acceptors (Lipinski definition) is 5. The Kier molecular flexibility index (Phi) is 6.30. The minimum Gasteiger partial charge on any atom is -0.383 e. The molecule has 2 aliphatic heterocycles. The molecule has 6 nitrogen and oxygen atoms in total. The van der Waals surface area contributed by atoms with Crippen LogP contribution in [0.15, 0.2) is 54.2 Å². The lowest BCUT2D eigenvalue weighted by atomic mass is 10.0. The predicted octanol–water partition coefficient (Wildman–Crippen LogP) is 3.20. The molecule has 2 aromatic rings. The fourth-order valence-electron chi connectivity index (χ4n) is 4.13. The lowest BCUT2D eigenvalue weighted by molar-refractivity contribution is -0.138. The highest BCUT2D eigenvalue weighted by Crippen LogP contribution is 2.33. The molecule has 31 heavy (non-hydrogen) atoms. The van der Waals surface area contributed by atoms with Crippen molar-refractivity contribution < 1.29 is 14.3 Å². The van der Waals surface area contributed by atoms with Gasteiger partial charge in [0.05, 0.1) is 18.7 Å². The summed E-state index contributed by atoms with van der Waals surface area (Å²) in [6, 6.07) is 15.5. The molecule has 4 rings (SSSR count). The lowest BCUT2D eigenvalue weighted by Gasteiger charge is -2.37. The third kappa shape index (κ3) is 4.31. The third-order valence-corrected chi connectivity index (χ3v) is 6.01. The molecule has 2 amide bonds. The molecule has 0 N–H and O–H groups in total. The minimum absolute atomic E-state index is 0.234. The van der Waals surface area contributed by atoms with Gasteiger partial charge in [-0.2, -0.15) is 0 Å². The van der Waals surface area contributed by atoms with Crippen LogP contribution in [0.1, 0.15) is 11.1 Å². The third-order valence-electron chi connectivity index (χ3n) is 5.76. The summed E-state index contributed by atoms with van der Waals surface area (Å²) in [5.41, 5.74) is 4.04. The Morgan fingerprint density at radius 1 is 0.935 bits per heavy atom. The normalized spacial score (nSPS) is 17.2. The molecule has 162 valence electrons. The first-order valence-electron chi connectivity index (χ1n) is 10.4. The van der Waals surface area contributed by atoms with Crippen LogP contribution in [0.3, 0.4) is 0 Å². The first-order valence-corrected chi connectivity index (χ1v) is 10.8. The quantitative estimate of drug-likeness (QED) is 0.647. The number of amides is 2. The fourth-order valence-corrected chi connectivity index (χ4v) is 4.26. The second-order valence-corrected chi connectivity index (χ2v) is 8.23. The fraction of sp³-hybridized carbons (Fsp3) is 0.333. The van der Waals surface area contributed by atoms with Crippen LogP contribution in [0.2, 0.25) is 5.02 Å². The van der Waals surface area contributed by atoms with Crippen LogP contribution in [0.25, 0.3) is 5.57 Å². The van der Waals surface area contributed by atoms with Crippen LogP contribution in [0.4, 0.5) is 5.69 Å². The number of ether oxygens (including phenoxy) is 1. The Balaban J connectivity index is 1.62. The van der Waals surface area contributed by atoms with E-state index < -0.39 is 0 Å². The van der Waals surface area contributed by atoms with E-state index in [4.69, 9.17) is 16.3 Å². The number of imide groups is 1. The first kappa shape index (κ1) is 21.4. The van der Waals surface area contributed by atoms with Gasteiger partial charge in [-0.05, 0) is 42.3 Å². The Hall–Kier alpha value is -2.83. The van der Waals surface area contributed by atoms with Crippen LogP contribution >= 0.6 is 11.6 Å². The number of benzene rings is 2. The average Bonchev–Trinajstić information content (AvgIpc) is 3.02. The zero-order valence-electron chi connectivity index (χ0n) is 17.8. The van der Waals surface area contributed by atoms with Crippen LogP contribution in [-0.4, -0.2) is 68.1 Å². The molecular weight excluding hydrogens is 414 g/mol. The molecule has 0 atom stereocenters. The van der Waals surface area contributed by atoms with E-state index in [-0.39, 0.29) is 18.4 Å². The van der Waals surface area contributed by atoms with E-state index >= 15 is 0 Å². The topological polar surface area (TPSA) is 53.1 Å². The van der Waals surface area contributed by atoms with Crippen molar-refractivity contribution in [3.05, 3.63) is 70.4 Å². The largest absolute Gasteiger partial charge is 0.383 e. The highest BCUT2D eigenvalue weighted by molar-refractivity contribution is 6.36. The zero-order valence-corrected chi connectivity index (χ0v) is 18.6. The van der Waals surface area contributed by atoms with E-state index in [0.717, 1.165) is 13.1 Å². The highest BCUT2D eigenvalue weighted by Gasteiger charge is 2.41. The van der Waals surface area contributed by atoms with Gasteiger partial charge in [-0.15, -0.1) is 0 Å². The number of piperazine rings is 1. The van der Waals surface area contributed by atoms with Gasteiger partial charge in [0.2, 0.25) is 0 Å². The number of carbonyl (C=O) groups is 2. The predicted molar refractivity (Wildman–Crippen MR) is 122 cm³/mol. The highest BCUT2D eigenvalue weighted by atomic mass is 35.5. The summed E-state index contributed by atoms with van der Waals surface area (Å²) in [5.74, 6) is -0.531. The summed E-state index contributed by atoms with van der Waals surface area (Å²) in [7, 11) is 1.56. The van der Waals surface area contributed by atoms with Gasteiger partial charge in [0.25, 0.3) is 11.8 Å². The lowest BCUT2D eigenvalue weighted by Crippen LogP contribution is -2.47. The van der Waals surface area contributed by atoms with Crippen LogP contribution in [0.5, 0.6) is 0 Å². The summed E-state index contributed by atoms with van der Waals surface area (Å²) >= 11 is 6.04. The number of aryl methyl sites for hydroxylation is 1. The minimum atomic E-state index is -0.277. The molecule has 7 heteroatoms. The van der Waals surface area contributed by atoms with Gasteiger partial charge in [-0.25, -0.2) is 0 Å². The molecule has 2 heterocycles. The number of hydrogen-bond donors (Lipinski definition) is 0. The first-order chi connectivity index (χ1) is 15.0. The Morgan fingerprint density at radius 3 is 2.26 bits per heavy atom. The molecule has 0 saturated carbocycles. The van der Waals surface area contributed by atoms with E-state index in [1.807, 2.05) is 4.90 Å². The van der Waals surface area contributed by atoms with Crippen molar-refractivity contribution in [2.75, 3.05) is 51.3 Å². The molecule has 1 saturated heterocycles. The molecule has 0 bridgehead atoms. The van der Waals surface area contributed by atoms with Crippen molar-refractivity contribution in [1.29, 1.82) is 0 Å². The number of methoxy groups -OCH3 is 1. The van der Waals surface area contributed by atoms with Gasteiger partial charge in [-0.1, -0.05) is 35.9 Å². The number of rotatable bonds is 6. The summed E-state index contributed by atoms with van der Waals surface area (Å²) < 4.78 is 5.11. The maximum absolute atomic E-state index is 13.3. The van der Waals surface area contributed by atoms with Gasteiger partial charge >= 0.3 is 0 Å². The van der Waals surface area contributed by atoms with Crippen LogP contribution < -0.4 is 4.90 Å². The second-order valence-electron chi connectivity index (χ2n) is 7.80. The van der Waals surface area contributed by atoms with Crippen molar-refractivity contribution in [3.8, 4) is 0 Å². The molecular formula is C24H26ClN3O3. The molecule has 0 unspecified atom stereocenters. The SMILES string of the molecule is COCCN1C(=O)C(c2ccc(Cl)cc2)=C(N2CCN(c3cccc(C)c3)CC2)C1=O. The molecule has 1 fully saturated rings. The molecule has 0 aliphatic carbocycles. The van der Waals surface area contributed by atoms with Crippen molar-refractivity contribution in [2.24, 2.45) is 0 Å². The molecule has 2 aromatic carbocycles. The monoisotopic (exact) mass is 439 g/mol. The molecule has 0 aromatic heterocycles. The van der Waals surface area contributed by atoms with E-state index in [2.05, 4.69) is 36.1 Å². The molecule has 0 radical (unpaired) electrons. The second kappa shape index (κ2) is 9.12. The van der Waals surface area contributed by atoms with Crippen molar-refractivity contribution in [2.45, 2.75) is 6.92 Å². The molecule has 0 spiro atoms.